The van der Waals surface area contributed by atoms with Crippen molar-refractivity contribution in [3.63, 3.8) is 0 Å². The minimum Gasteiger partial charge on any atom is -0.478 e. The zero-order valence-electron chi connectivity index (χ0n) is 9.92. The van der Waals surface area contributed by atoms with E-state index in [0.717, 1.165) is 6.08 Å². The van der Waals surface area contributed by atoms with Gasteiger partial charge in [-0.05, 0) is 20.8 Å². The van der Waals surface area contributed by atoms with E-state index in [4.69, 9.17) is 18.4 Å². The van der Waals surface area contributed by atoms with Crippen molar-refractivity contribution >= 4 is 15.5 Å². The van der Waals surface area contributed by atoms with E-state index in [0.29, 0.717) is 19.8 Å². The minimum atomic E-state index is -1.73. The topological polar surface area (TPSA) is 65.0 Å². The van der Waals surface area contributed by atoms with Crippen molar-refractivity contribution in [3.8, 4) is 0 Å². The Balaban J connectivity index is -0.000000242. The van der Waals surface area contributed by atoms with Crippen LogP contribution in [0.25, 0.3) is 0 Å². The third-order valence-electron chi connectivity index (χ3n) is 1.08. The molecule has 0 aliphatic rings. The van der Waals surface area contributed by atoms with Crippen LogP contribution < -0.4 is 0 Å². The number of carbonyl (C=O) groups is 1. The summed E-state index contributed by atoms with van der Waals surface area (Å²) in [6.45, 7) is 10.8. The number of carboxylic acids is 1. The smallest absolute Gasteiger partial charge is 0.478 e. The summed E-state index contributed by atoms with van der Waals surface area (Å²) in [5.74, 6) is -0.981. The number of rotatable bonds is 7. The molecule has 0 aromatic carbocycles. The van der Waals surface area contributed by atoms with E-state index in [2.05, 4.69) is 6.58 Å². The molecule has 0 fully saturated rings. The van der Waals surface area contributed by atoms with Crippen molar-refractivity contribution in [2.24, 2.45) is 0 Å². The first-order valence-electron chi connectivity index (χ1n) is 4.82. The largest absolute Gasteiger partial charge is 0.484 e. The van der Waals surface area contributed by atoms with Gasteiger partial charge in [-0.2, -0.15) is 0 Å². The first-order chi connectivity index (χ1) is 7.12. The van der Waals surface area contributed by atoms with Crippen molar-refractivity contribution in [3.05, 3.63) is 12.7 Å². The molecule has 0 aliphatic carbocycles. The molecular weight excluding hydrogens is 317 g/mol. The molecule has 0 amide bonds. The van der Waals surface area contributed by atoms with Crippen LogP contribution in [-0.2, 0) is 37.6 Å². The van der Waals surface area contributed by atoms with E-state index in [1.807, 2.05) is 20.8 Å². The van der Waals surface area contributed by atoms with Gasteiger partial charge in [0.05, 0.1) is 0 Å². The maximum Gasteiger partial charge on any atom is 0.484 e. The molecule has 0 aliphatic heterocycles. The second-order valence-corrected chi connectivity index (χ2v) is 3.77. The molecule has 0 unspecified atom stereocenters. The Kier molecular flexibility index (Phi) is 23.0. The SMILES string of the molecule is C=CC(=O)O.CCO[SiH](OCC)OCC.[Ru]. The normalized spacial score (nSPS) is 8.75. The maximum absolute atomic E-state index is 9.25. The van der Waals surface area contributed by atoms with Crippen molar-refractivity contribution in [1.29, 1.82) is 0 Å². The average molecular weight is 337 g/mol. The Labute approximate surface area is 112 Å². The van der Waals surface area contributed by atoms with Gasteiger partial charge in [-0.3, -0.25) is 0 Å². The molecule has 0 saturated carbocycles. The molecule has 0 rings (SSSR count). The van der Waals surface area contributed by atoms with Crippen LogP contribution in [0.5, 0.6) is 0 Å². The molecule has 0 bridgehead atoms. The third-order valence-corrected chi connectivity index (χ3v) is 2.90. The van der Waals surface area contributed by atoms with Crippen LogP contribution in [0.1, 0.15) is 20.8 Å². The quantitative estimate of drug-likeness (QED) is 0.556. The first-order valence-corrected chi connectivity index (χ1v) is 6.23. The molecule has 0 aromatic rings. The Morgan fingerprint density at radius 2 is 1.44 bits per heavy atom. The molecule has 5 nitrogen and oxygen atoms in total. The van der Waals surface area contributed by atoms with Gasteiger partial charge >= 0.3 is 15.5 Å². The number of hydrogen-bond donors (Lipinski definition) is 1. The molecule has 16 heavy (non-hydrogen) atoms. The standard InChI is InChI=1S/C6H16O3Si.C3H4O2.Ru/c1-4-7-10(8-5-2)9-6-3;1-2-3(4)5;/h10H,4-6H2,1-3H3;2H,1H2,(H,4,5);. The fraction of sp³-hybridized carbons (Fsp3) is 0.667. The van der Waals surface area contributed by atoms with Gasteiger partial charge in [-0.25, -0.2) is 4.79 Å². The summed E-state index contributed by atoms with van der Waals surface area (Å²) in [7, 11) is -1.73. The van der Waals surface area contributed by atoms with E-state index in [-0.39, 0.29) is 19.5 Å². The summed E-state index contributed by atoms with van der Waals surface area (Å²) in [5, 5.41) is 7.60. The third kappa shape index (κ3) is 19.5. The summed E-state index contributed by atoms with van der Waals surface area (Å²) >= 11 is 0. The Hall–Kier alpha value is -0.0697. The Morgan fingerprint density at radius 1 is 1.19 bits per heavy atom. The fourth-order valence-corrected chi connectivity index (χ4v) is 1.66. The molecular formula is C9H20O5RuSi. The van der Waals surface area contributed by atoms with Gasteiger partial charge in [0, 0.05) is 45.4 Å². The van der Waals surface area contributed by atoms with Crippen molar-refractivity contribution < 1.29 is 42.7 Å². The second-order valence-electron chi connectivity index (χ2n) is 2.20. The molecule has 0 spiro atoms. The predicted octanol–water partition coefficient (Wildman–Crippen LogP) is 1.07. The van der Waals surface area contributed by atoms with Crippen molar-refractivity contribution in [1.82, 2.24) is 0 Å². The van der Waals surface area contributed by atoms with Crippen LogP contribution in [0.15, 0.2) is 12.7 Å². The minimum absolute atomic E-state index is 0. The summed E-state index contributed by atoms with van der Waals surface area (Å²) in [6, 6.07) is 0. The van der Waals surface area contributed by atoms with Crippen LogP contribution in [0.3, 0.4) is 0 Å². The second kappa shape index (κ2) is 17.3. The van der Waals surface area contributed by atoms with Crippen LogP contribution in [0.4, 0.5) is 0 Å². The molecule has 0 saturated heterocycles. The summed E-state index contributed by atoms with van der Waals surface area (Å²) < 4.78 is 15.7. The predicted molar refractivity (Wildman–Crippen MR) is 59.9 cm³/mol. The van der Waals surface area contributed by atoms with Gasteiger partial charge < -0.3 is 18.4 Å². The molecule has 1 N–H and O–H groups in total. The van der Waals surface area contributed by atoms with Crippen molar-refractivity contribution in [2.45, 2.75) is 20.8 Å². The van der Waals surface area contributed by atoms with Gasteiger partial charge in [-0.15, -0.1) is 0 Å². The van der Waals surface area contributed by atoms with E-state index in [1.165, 1.54) is 0 Å². The molecule has 0 heterocycles. The number of carboxylic acid groups (broad SMARTS) is 1. The van der Waals surface area contributed by atoms with Gasteiger partial charge in [0.1, 0.15) is 0 Å². The molecule has 0 radical (unpaired) electrons. The van der Waals surface area contributed by atoms with E-state index in [9.17, 15) is 4.79 Å². The number of aliphatic carboxylic acids is 1. The van der Waals surface area contributed by atoms with E-state index < -0.39 is 15.5 Å². The van der Waals surface area contributed by atoms with Gasteiger partial charge in [0.15, 0.2) is 0 Å². The first kappa shape index (κ1) is 21.2. The molecule has 98 valence electrons. The van der Waals surface area contributed by atoms with Crippen LogP contribution >= 0.6 is 0 Å². The maximum atomic E-state index is 9.25. The summed E-state index contributed by atoms with van der Waals surface area (Å²) in [5.41, 5.74) is 0. The molecule has 0 atom stereocenters. The average Bonchev–Trinajstić information content (AvgIpc) is 2.20. The fourth-order valence-electron chi connectivity index (χ4n) is 0.553. The zero-order valence-corrected chi connectivity index (χ0v) is 12.8. The Bertz CT molecular complexity index is 154. The van der Waals surface area contributed by atoms with Gasteiger partial charge in [-0.1, -0.05) is 6.58 Å². The van der Waals surface area contributed by atoms with Crippen LogP contribution in [-0.4, -0.2) is 40.4 Å². The van der Waals surface area contributed by atoms with E-state index >= 15 is 0 Å². The number of hydrogen-bond acceptors (Lipinski definition) is 4. The van der Waals surface area contributed by atoms with Crippen LogP contribution in [0, 0.1) is 0 Å². The van der Waals surface area contributed by atoms with Gasteiger partial charge in [0.2, 0.25) is 0 Å². The zero-order chi connectivity index (χ0) is 12.1. The monoisotopic (exact) mass is 338 g/mol. The molecule has 0 aromatic heterocycles. The summed E-state index contributed by atoms with van der Waals surface area (Å²) in [4.78, 5) is 9.25. The van der Waals surface area contributed by atoms with Crippen molar-refractivity contribution in [2.75, 3.05) is 19.8 Å². The molecule has 7 heteroatoms. The Morgan fingerprint density at radius 3 is 1.56 bits per heavy atom. The van der Waals surface area contributed by atoms with Gasteiger partial charge in [0.25, 0.3) is 0 Å². The van der Waals surface area contributed by atoms with Crippen LogP contribution in [0.2, 0.25) is 0 Å². The summed E-state index contributed by atoms with van der Waals surface area (Å²) in [6.07, 6.45) is 0.833. The van der Waals surface area contributed by atoms with E-state index in [1.54, 1.807) is 0 Å².